The zero-order chi connectivity index (χ0) is 12.5. The number of fused-ring (bicyclic) bond motifs is 1. The molecular weight excluding hydrogens is 296 g/mol. The molecule has 0 saturated carbocycles. The van der Waals surface area contributed by atoms with Gasteiger partial charge in [0.1, 0.15) is 16.2 Å². The Labute approximate surface area is 111 Å². The highest BCUT2D eigenvalue weighted by molar-refractivity contribution is 9.10. The quantitative estimate of drug-likeness (QED) is 0.764. The van der Waals surface area contributed by atoms with Gasteiger partial charge in [0.2, 0.25) is 0 Å². The van der Waals surface area contributed by atoms with E-state index in [9.17, 15) is 5.11 Å². The molecule has 3 aromatic rings. The summed E-state index contributed by atoms with van der Waals surface area (Å²) in [5, 5.41) is 16.9. The lowest BCUT2D eigenvalue weighted by molar-refractivity contribution is 0.475. The smallest absolute Gasteiger partial charge is 0.158 e. The predicted octanol–water partition coefficient (Wildman–Crippen LogP) is 2.94. The molecule has 0 atom stereocenters. The second-order valence-electron chi connectivity index (χ2n) is 3.74. The average Bonchev–Trinajstić information content (AvgIpc) is 2.71. The van der Waals surface area contributed by atoms with E-state index in [0.717, 1.165) is 21.8 Å². The summed E-state index contributed by atoms with van der Waals surface area (Å²) in [5.41, 5.74) is 1.53. The Balaban J connectivity index is 2.04. The van der Waals surface area contributed by atoms with Crippen molar-refractivity contribution in [1.82, 2.24) is 14.6 Å². The normalized spacial score (nSPS) is 10.7. The third kappa shape index (κ3) is 2.02. The van der Waals surface area contributed by atoms with Crippen molar-refractivity contribution in [2.75, 3.05) is 5.32 Å². The number of nitrogens with zero attached hydrogens (tertiary/aromatic N) is 3. The van der Waals surface area contributed by atoms with E-state index in [1.54, 1.807) is 28.9 Å². The van der Waals surface area contributed by atoms with Gasteiger partial charge in [-0.2, -0.15) is 9.61 Å². The van der Waals surface area contributed by atoms with Crippen molar-refractivity contribution >= 4 is 33.1 Å². The molecule has 0 radical (unpaired) electrons. The number of phenols is 1. The van der Waals surface area contributed by atoms with E-state index in [1.807, 2.05) is 18.2 Å². The molecule has 90 valence electrons. The molecule has 0 saturated heterocycles. The Kier molecular flexibility index (Phi) is 2.64. The van der Waals surface area contributed by atoms with Gasteiger partial charge < -0.3 is 10.4 Å². The molecule has 5 nitrogen and oxygen atoms in total. The molecule has 0 unspecified atom stereocenters. The summed E-state index contributed by atoms with van der Waals surface area (Å²) >= 11 is 3.32. The van der Waals surface area contributed by atoms with Crippen LogP contribution in [0.4, 0.5) is 11.5 Å². The van der Waals surface area contributed by atoms with Crippen molar-refractivity contribution in [3.63, 3.8) is 0 Å². The van der Waals surface area contributed by atoms with Gasteiger partial charge in [-0.1, -0.05) is 6.07 Å². The van der Waals surface area contributed by atoms with Crippen LogP contribution in [0.5, 0.6) is 5.75 Å². The topological polar surface area (TPSA) is 62.5 Å². The minimum atomic E-state index is 0.215. The first kappa shape index (κ1) is 11.0. The lowest BCUT2D eigenvalue weighted by Gasteiger charge is -2.07. The van der Waals surface area contributed by atoms with Crippen molar-refractivity contribution < 1.29 is 5.11 Å². The van der Waals surface area contributed by atoms with Crippen LogP contribution in [-0.2, 0) is 0 Å². The lowest BCUT2D eigenvalue weighted by Crippen LogP contribution is -2.00. The van der Waals surface area contributed by atoms with E-state index in [-0.39, 0.29) is 5.75 Å². The van der Waals surface area contributed by atoms with Crippen LogP contribution >= 0.6 is 15.9 Å². The van der Waals surface area contributed by atoms with Crippen LogP contribution in [0, 0.1) is 0 Å². The molecule has 3 rings (SSSR count). The number of phenolic OH excluding ortho intramolecular Hbond substituents is 1. The summed E-state index contributed by atoms with van der Waals surface area (Å²) in [6, 6.07) is 10.5. The monoisotopic (exact) mass is 304 g/mol. The predicted molar refractivity (Wildman–Crippen MR) is 72.1 cm³/mol. The Morgan fingerprint density at radius 1 is 1.22 bits per heavy atom. The van der Waals surface area contributed by atoms with E-state index >= 15 is 0 Å². The van der Waals surface area contributed by atoms with E-state index in [0.29, 0.717) is 0 Å². The van der Waals surface area contributed by atoms with Gasteiger partial charge in [-0.05, 0) is 34.1 Å². The number of anilines is 2. The van der Waals surface area contributed by atoms with Gasteiger partial charge in [-0.15, -0.1) is 0 Å². The van der Waals surface area contributed by atoms with Gasteiger partial charge >= 0.3 is 0 Å². The maximum atomic E-state index is 9.43. The number of hydrogen-bond donors (Lipinski definition) is 2. The fraction of sp³-hybridized carbons (Fsp3) is 0. The third-order valence-electron chi connectivity index (χ3n) is 2.45. The molecule has 0 aliphatic carbocycles. The van der Waals surface area contributed by atoms with E-state index in [2.05, 4.69) is 31.3 Å². The zero-order valence-corrected chi connectivity index (χ0v) is 10.8. The van der Waals surface area contributed by atoms with Crippen LogP contribution in [0.25, 0.3) is 5.65 Å². The van der Waals surface area contributed by atoms with Crippen LogP contribution in [-0.4, -0.2) is 19.7 Å². The van der Waals surface area contributed by atoms with Crippen molar-refractivity contribution in [2.45, 2.75) is 0 Å². The first-order chi connectivity index (χ1) is 8.72. The number of rotatable bonds is 2. The van der Waals surface area contributed by atoms with Crippen LogP contribution < -0.4 is 5.32 Å². The number of hydrogen-bond acceptors (Lipinski definition) is 4. The summed E-state index contributed by atoms with van der Waals surface area (Å²) in [6.07, 6.45) is 1.70. The van der Waals surface area contributed by atoms with Crippen molar-refractivity contribution in [3.05, 3.63) is 47.2 Å². The fourth-order valence-electron chi connectivity index (χ4n) is 1.69. The number of benzene rings is 1. The average molecular weight is 305 g/mol. The standard InChI is InChI=1S/C12H9BrN4O/c13-10-7-12-14-5-4-11(17(12)16-10)15-8-2-1-3-9(18)6-8/h1-7,15,18H. The van der Waals surface area contributed by atoms with E-state index in [1.165, 1.54) is 0 Å². The van der Waals surface area contributed by atoms with Crippen molar-refractivity contribution in [3.8, 4) is 5.75 Å². The SMILES string of the molecule is Oc1cccc(Nc2ccnc3cc(Br)nn23)c1. The Morgan fingerprint density at radius 3 is 2.94 bits per heavy atom. The fourth-order valence-corrected chi connectivity index (χ4v) is 2.06. The Bertz CT molecular complexity index is 710. The molecule has 0 spiro atoms. The second-order valence-corrected chi connectivity index (χ2v) is 4.55. The number of halogens is 1. The van der Waals surface area contributed by atoms with Crippen LogP contribution in [0.1, 0.15) is 0 Å². The van der Waals surface area contributed by atoms with Crippen molar-refractivity contribution in [1.29, 1.82) is 0 Å². The van der Waals surface area contributed by atoms with Gasteiger partial charge in [0, 0.05) is 24.0 Å². The molecule has 2 N–H and O–H groups in total. The second kappa shape index (κ2) is 4.30. The summed E-state index contributed by atoms with van der Waals surface area (Å²) in [7, 11) is 0. The first-order valence-corrected chi connectivity index (χ1v) is 6.08. The molecule has 2 aromatic heterocycles. The Hall–Kier alpha value is -2.08. The molecule has 1 aromatic carbocycles. The van der Waals surface area contributed by atoms with Crippen LogP contribution in [0.15, 0.2) is 47.2 Å². The minimum Gasteiger partial charge on any atom is -0.508 e. The highest BCUT2D eigenvalue weighted by Crippen LogP contribution is 2.21. The summed E-state index contributed by atoms with van der Waals surface area (Å²) < 4.78 is 2.41. The van der Waals surface area contributed by atoms with Crippen LogP contribution in [0.3, 0.4) is 0 Å². The number of aromatic hydroxyl groups is 1. The van der Waals surface area contributed by atoms with Gasteiger partial charge in [-0.25, -0.2) is 4.98 Å². The molecule has 6 heteroatoms. The van der Waals surface area contributed by atoms with Crippen molar-refractivity contribution in [2.24, 2.45) is 0 Å². The van der Waals surface area contributed by atoms with Gasteiger partial charge in [0.15, 0.2) is 5.65 Å². The van der Waals surface area contributed by atoms with E-state index in [4.69, 9.17) is 0 Å². The summed E-state index contributed by atoms with van der Waals surface area (Å²) in [4.78, 5) is 4.20. The molecular formula is C12H9BrN4O. The zero-order valence-electron chi connectivity index (χ0n) is 9.21. The molecule has 0 fully saturated rings. The lowest BCUT2D eigenvalue weighted by atomic mass is 10.3. The number of nitrogens with one attached hydrogen (secondary N) is 1. The third-order valence-corrected chi connectivity index (χ3v) is 2.83. The van der Waals surface area contributed by atoms with E-state index < -0.39 is 0 Å². The largest absolute Gasteiger partial charge is 0.508 e. The van der Waals surface area contributed by atoms with Gasteiger partial charge in [-0.3, -0.25) is 0 Å². The molecule has 0 aliphatic heterocycles. The molecule has 0 amide bonds. The maximum absolute atomic E-state index is 9.43. The highest BCUT2D eigenvalue weighted by Gasteiger charge is 2.05. The number of aromatic nitrogens is 3. The van der Waals surface area contributed by atoms with Gasteiger partial charge in [0.05, 0.1) is 0 Å². The van der Waals surface area contributed by atoms with Gasteiger partial charge in [0.25, 0.3) is 0 Å². The molecule has 2 heterocycles. The summed E-state index contributed by atoms with van der Waals surface area (Å²) in [5.74, 6) is 0.989. The highest BCUT2D eigenvalue weighted by atomic mass is 79.9. The molecule has 0 aliphatic rings. The van der Waals surface area contributed by atoms with Crippen LogP contribution in [0.2, 0.25) is 0 Å². The minimum absolute atomic E-state index is 0.215. The Morgan fingerprint density at radius 2 is 2.11 bits per heavy atom. The molecule has 18 heavy (non-hydrogen) atoms. The molecule has 0 bridgehead atoms. The first-order valence-electron chi connectivity index (χ1n) is 5.29. The summed E-state index contributed by atoms with van der Waals surface area (Å²) in [6.45, 7) is 0. The maximum Gasteiger partial charge on any atom is 0.158 e.